The molecule has 0 amide bonds. The molecule has 1 unspecified atom stereocenters. The Balaban J connectivity index is 2.07. The van der Waals surface area contributed by atoms with E-state index in [2.05, 4.69) is 10.3 Å². The summed E-state index contributed by atoms with van der Waals surface area (Å²) in [6.45, 7) is 1.99. The second-order valence-corrected chi connectivity index (χ2v) is 4.37. The van der Waals surface area contributed by atoms with Crippen LogP contribution in [0, 0.1) is 10.1 Å². The van der Waals surface area contributed by atoms with E-state index in [0.29, 0.717) is 5.69 Å². The second-order valence-electron chi connectivity index (χ2n) is 4.37. The number of nitrogens with one attached hydrogen (secondary N) is 1. The highest BCUT2D eigenvalue weighted by Gasteiger charge is 2.15. The highest BCUT2D eigenvalue weighted by molar-refractivity contribution is 5.57. The minimum absolute atomic E-state index is 0.0882. The van der Waals surface area contributed by atoms with Crippen molar-refractivity contribution in [3.8, 4) is 0 Å². The lowest BCUT2D eigenvalue weighted by Gasteiger charge is -2.14. The van der Waals surface area contributed by atoms with Crippen molar-refractivity contribution >= 4 is 11.5 Å². The van der Waals surface area contributed by atoms with Crippen LogP contribution in [0.15, 0.2) is 48.7 Å². The first-order chi connectivity index (χ1) is 9.16. The fraction of sp³-hybridized carbons (Fsp3) is 0.214. The van der Waals surface area contributed by atoms with Crippen molar-refractivity contribution < 1.29 is 4.92 Å². The Bertz CT molecular complexity index is 558. The molecular formula is C14H15N3O2. The molecule has 0 spiro atoms. The number of benzene rings is 1. The maximum absolute atomic E-state index is 10.9. The summed E-state index contributed by atoms with van der Waals surface area (Å²) in [7, 11) is 0. The summed E-state index contributed by atoms with van der Waals surface area (Å²) in [5, 5.41) is 14.0. The van der Waals surface area contributed by atoms with Crippen molar-refractivity contribution in [3.63, 3.8) is 0 Å². The molecule has 0 aliphatic carbocycles. The standard InChI is InChI=1S/C14H15N3O2/c1-11(10-12-6-3-2-4-7-12)16-13-8-5-9-15-14(13)17(18)19/h2-9,11,16H,10H2,1H3. The Morgan fingerprint density at radius 1 is 1.26 bits per heavy atom. The fourth-order valence-electron chi connectivity index (χ4n) is 1.94. The molecule has 0 fully saturated rings. The third-order valence-corrected chi connectivity index (χ3v) is 2.75. The molecule has 1 aromatic heterocycles. The van der Waals surface area contributed by atoms with Gasteiger partial charge in [0, 0.05) is 6.04 Å². The monoisotopic (exact) mass is 257 g/mol. The van der Waals surface area contributed by atoms with Gasteiger partial charge >= 0.3 is 5.82 Å². The molecule has 1 aromatic carbocycles. The van der Waals surface area contributed by atoms with Gasteiger partial charge in [0.1, 0.15) is 11.9 Å². The smallest absolute Gasteiger partial charge is 0.375 e. The molecule has 0 aliphatic rings. The molecule has 2 rings (SSSR count). The minimum Gasteiger partial charge on any atom is -0.375 e. The van der Waals surface area contributed by atoms with Crippen LogP contribution in [0.3, 0.4) is 0 Å². The van der Waals surface area contributed by atoms with Gasteiger partial charge in [-0.15, -0.1) is 0 Å². The lowest BCUT2D eigenvalue weighted by molar-refractivity contribution is -0.388. The molecule has 0 radical (unpaired) electrons. The Morgan fingerprint density at radius 3 is 2.68 bits per heavy atom. The molecule has 98 valence electrons. The van der Waals surface area contributed by atoms with E-state index < -0.39 is 4.92 Å². The number of hydrogen-bond acceptors (Lipinski definition) is 4. The highest BCUT2D eigenvalue weighted by Crippen LogP contribution is 2.21. The molecule has 5 nitrogen and oxygen atoms in total. The van der Waals surface area contributed by atoms with Crippen LogP contribution in [0.1, 0.15) is 12.5 Å². The van der Waals surface area contributed by atoms with E-state index in [9.17, 15) is 10.1 Å². The average Bonchev–Trinajstić information content (AvgIpc) is 2.40. The molecule has 0 saturated carbocycles. The van der Waals surface area contributed by atoms with Crippen molar-refractivity contribution in [2.45, 2.75) is 19.4 Å². The predicted octanol–water partition coefficient (Wildman–Crippen LogP) is 3.03. The number of anilines is 1. The lowest BCUT2D eigenvalue weighted by Crippen LogP contribution is -2.19. The molecule has 0 saturated heterocycles. The Hall–Kier alpha value is -2.43. The van der Waals surface area contributed by atoms with Gasteiger partial charge in [0.05, 0.1) is 0 Å². The van der Waals surface area contributed by atoms with Gasteiger partial charge in [-0.3, -0.25) is 0 Å². The summed E-state index contributed by atoms with van der Waals surface area (Å²) in [6, 6.07) is 13.4. The summed E-state index contributed by atoms with van der Waals surface area (Å²) >= 11 is 0. The number of pyridine rings is 1. The molecule has 2 aromatic rings. The van der Waals surface area contributed by atoms with Crippen molar-refractivity contribution in [1.82, 2.24) is 4.98 Å². The van der Waals surface area contributed by atoms with E-state index in [-0.39, 0.29) is 11.9 Å². The van der Waals surface area contributed by atoms with Crippen LogP contribution in [-0.2, 0) is 6.42 Å². The molecule has 19 heavy (non-hydrogen) atoms. The SMILES string of the molecule is CC(Cc1ccccc1)Nc1cccnc1[N+](=O)[O-]. The predicted molar refractivity (Wildman–Crippen MR) is 74.1 cm³/mol. The first-order valence-corrected chi connectivity index (χ1v) is 6.06. The van der Waals surface area contributed by atoms with E-state index >= 15 is 0 Å². The van der Waals surface area contributed by atoms with E-state index in [0.717, 1.165) is 6.42 Å². The van der Waals surface area contributed by atoms with Crippen molar-refractivity contribution in [2.75, 3.05) is 5.32 Å². The third-order valence-electron chi connectivity index (χ3n) is 2.75. The van der Waals surface area contributed by atoms with Crippen LogP contribution in [0.2, 0.25) is 0 Å². The number of nitrogens with zero attached hydrogens (tertiary/aromatic N) is 2. The van der Waals surface area contributed by atoms with Crippen LogP contribution in [-0.4, -0.2) is 15.9 Å². The Kier molecular flexibility index (Phi) is 4.07. The Morgan fingerprint density at radius 2 is 2.00 bits per heavy atom. The fourth-order valence-corrected chi connectivity index (χ4v) is 1.94. The zero-order chi connectivity index (χ0) is 13.7. The van der Waals surface area contributed by atoms with E-state index in [4.69, 9.17) is 0 Å². The summed E-state index contributed by atoms with van der Waals surface area (Å²) in [4.78, 5) is 14.2. The number of rotatable bonds is 5. The van der Waals surface area contributed by atoms with Crippen LogP contribution < -0.4 is 5.32 Å². The maximum atomic E-state index is 10.9. The van der Waals surface area contributed by atoms with E-state index in [1.807, 2.05) is 37.3 Å². The molecule has 5 heteroatoms. The highest BCUT2D eigenvalue weighted by atomic mass is 16.6. The van der Waals surface area contributed by atoms with Gasteiger partial charge in [-0.05, 0) is 40.9 Å². The lowest BCUT2D eigenvalue weighted by atomic mass is 10.1. The van der Waals surface area contributed by atoms with Crippen molar-refractivity contribution in [1.29, 1.82) is 0 Å². The van der Waals surface area contributed by atoms with Gasteiger partial charge in [0.2, 0.25) is 0 Å². The largest absolute Gasteiger partial charge is 0.386 e. The van der Waals surface area contributed by atoms with Gasteiger partial charge in [0.15, 0.2) is 0 Å². The van der Waals surface area contributed by atoms with Gasteiger partial charge in [-0.1, -0.05) is 30.3 Å². The average molecular weight is 257 g/mol. The zero-order valence-electron chi connectivity index (χ0n) is 10.6. The zero-order valence-corrected chi connectivity index (χ0v) is 10.6. The van der Waals surface area contributed by atoms with Crippen LogP contribution in [0.5, 0.6) is 0 Å². The normalized spacial score (nSPS) is 11.8. The molecule has 0 aliphatic heterocycles. The molecular weight excluding hydrogens is 242 g/mol. The number of aromatic nitrogens is 1. The van der Waals surface area contributed by atoms with Crippen LogP contribution in [0.25, 0.3) is 0 Å². The molecule has 0 bridgehead atoms. The summed E-state index contributed by atoms with van der Waals surface area (Å²) in [5.41, 5.74) is 1.64. The quantitative estimate of drug-likeness (QED) is 0.660. The first kappa shape index (κ1) is 13.0. The van der Waals surface area contributed by atoms with Gasteiger partial charge in [-0.25, -0.2) is 0 Å². The van der Waals surface area contributed by atoms with Crippen molar-refractivity contribution in [3.05, 3.63) is 64.3 Å². The van der Waals surface area contributed by atoms with Crippen LogP contribution in [0.4, 0.5) is 11.5 Å². The molecule has 1 N–H and O–H groups in total. The topological polar surface area (TPSA) is 68.1 Å². The summed E-state index contributed by atoms with van der Waals surface area (Å²) in [6.07, 6.45) is 2.22. The maximum Gasteiger partial charge on any atom is 0.386 e. The second kappa shape index (κ2) is 5.95. The molecule has 1 atom stereocenters. The van der Waals surface area contributed by atoms with Crippen LogP contribution >= 0.6 is 0 Å². The number of nitro groups is 1. The summed E-state index contributed by atoms with van der Waals surface area (Å²) < 4.78 is 0. The van der Waals surface area contributed by atoms with Gasteiger partial charge in [0.25, 0.3) is 0 Å². The summed E-state index contributed by atoms with van der Waals surface area (Å²) in [5.74, 6) is -0.137. The first-order valence-electron chi connectivity index (χ1n) is 6.06. The van der Waals surface area contributed by atoms with Crippen molar-refractivity contribution in [2.24, 2.45) is 0 Å². The minimum atomic E-state index is -0.475. The van der Waals surface area contributed by atoms with E-state index in [1.165, 1.54) is 11.8 Å². The third kappa shape index (κ3) is 3.51. The Labute approximate surface area is 111 Å². The van der Waals surface area contributed by atoms with Gasteiger partial charge in [-0.2, -0.15) is 0 Å². The van der Waals surface area contributed by atoms with Gasteiger partial charge < -0.3 is 15.4 Å². The van der Waals surface area contributed by atoms with E-state index in [1.54, 1.807) is 12.1 Å². The molecule has 1 heterocycles. The number of hydrogen-bond donors (Lipinski definition) is 1.